The third kappa shape index (κ3) is 11.6. The van der Waals surface area contributed by atoms with Crippen LogP contribution in [-0.2, 0) is 6.54 Å². The Labute approximate surface area is 154 Å². The van der Waals surface area contributed by atoms with Crippen molar-refractivity contribution in [2.45, 2.75) is 91.0 Å². The molecule has 2 amide bonds. The number of amides is 2. The quantitative estimate of drug-likeness (QED) is 0.446. The summed E-state index contributed by atoms with van der Waals surface area (Å²) in [6, 6.07) is -0.0433. The first-order valence-electron chi connectivity index (χ1n) is 10.2. The molecule has 0 radical (unpaired) electrons. The number of aryl methyl sites for hydroxylation is 2. The zero-order valence-corrected chi connectivity index (χ0v) is 16.4. The van der Waals surface area contributed by atoms with Crippen LogP contribution in [-0.4, -0.2) is 28.7 Å². The number of rotatable bonds is 15. The van der Waals surface area contributed by atoms with Crippen LogP contribution in [0.2, 0.25) is 0 Å². The van der Waals surface area contributed by atoms with Gasteiger partial charge in [-0.15, -0.1) is 0 Å². The van der Waals surface area contributed by atoms with Crippen molar-refractivity contribution >= 4 is 6.03 Å². The van der Waals surface area contributed by atoms with E-state index in [1.807, 2.05) is 19.3 Å². The minimum absolute atomic E-state index is 0.0433. The largest absolute Gasteiger partial charge is 0.338 e. The molecular weight excluding hydrogens is 312 g/mol. The van der Waals surface area contributed by atoms with Crippen molar-refractivity contribution in [2.75, 3.05) is 13.1 Å². The molecule has 1 aromatic rings. The minimum atomic E-state index is -0.0433. The molecule has 0 fully saturated rings. The van der Waals surface area contributed by atoms with Gasteiger partial charge < -0.3 is 15.2 Å². The molecule has 0 aliphatic rings. The Kier molecular flexibility index (Phi) is 12.7. The summed E-state index contributed by atoms with van der Waals surface area (Å²) in [4.78, 5) is 15.9. The number of nitrogens with zero attached hydrogens (tertiary/aromatic N) is 2. The molecule has 1 heterocycles. The first kappa shape index (κ1) is 21.5. The molecule has 0 unspecified atom stereocenters. The summed E-state index contributed by atoms with van der Waals surface area (Å²) in [6.07, 6.45) is 17.9. The smallest absolute Gasteiger partial charge is 0.314 e. The highest BCUT2D eigenvalue weighted by molar-refractivity contribution is 5.73. The molecule has 0 atom stereocenters. The average Bonchev–Trinajstić information content (AvgIpc) is 3.01. The highest BCUT2D eigenvalue weighted by Gasteiger charge is 2.00. The Hall–Kier alpha value is -1.52. The average molecular weight is 351 g/mol. The van der Waals surface area contributed by atoms with Crippen molar-refractivity contribution < 1.29 is 4.79 Å². The number of unbranched alkanes of at least 4 members (excludes halogenated alkanes) is 9. The first-order valence-corrected chi connectivity index (χ1v) is 10.2. The minimum Gasteiger partial charge on any atom is -0.338 e. The fraction of sp³-hybridized carbons (Fsp3) is 0.800. The van der Waals surface area contributed by atoms with Gasteiger partial charge in [0.1, 0.15) is 5.82 Å². The van der Waals surface area contributed by atoms with Crippen molar-refractivity contribution in [1.29, 1.82) is 0 Å². The van der Waals surface area contributed by atoms with Crippen molar-refractivity contribution in [3.63, 3.8) is 0 Å². The van der Waals surface area contributed by atoms with Gasteiger partial charge in [0, 0.05) is 32.0 Å². The number of imidazole rings is 1. The molecule has 1 aromatic heterocycles. The van der Waals surface area contributed by atoms with Gasteiger partial charge in [0.05, 0.1) is 0 Å². The third-order valence-electron chi connectivity index (χ3n) is 4.60. The molecule has 0 saturated carbocycles. The maximum absolute atomic E-state index is 11.7. The standard InChI is InChI=1S/C20H38N4O/c1-3-4-5-6-7-8-9-10-11-12-14-22-20(25)23-15-13-17-24-18-16-21-19(24)2/h16,18H,3-15,17H2,1-2H3,(H2,22,23,25). The number of aromatic nitrogens is 2. The van der Waals surface area contributed by atoms with Crippen molar-refractivity contribution in [3.8, 4) is 0 Å². The van der Waals surface area contributed by atoms with Gasteiger partial charge in [-0.2, -0.15) is 0 Å². The lowest BCUT2D eigenvalue weighted by Gasteiger charge is -2.08. The zero-order valence-electron chi connectivity index (χ0n) is 16.4. The number of urea groups is 1. The summed E-state index contributed by atoms with van der Waals surface area (Å²) in [5.74, 6) is 1.02. The van der Waals surface area contributed by atoms with Gasteiger partial charge in [0.15, 0.2) is 0 Å². The van der Waals surface area contributed by atoms with E-state index in [4.69, 9.17) is 0 Å². The number of carbonyl (C=O) groups excluding carboxylic acids is 1. The van der Waals surface area contributed by atoms with Gasteiger partial charge >= 0.3 is 6.03 Å². The Balaban J connectivity index is 1.82. The molecule has 2 N–H and O–H groups in total. The Bertz CT molecular complexity index is 445. The van der Waals surface area contributed by atoms with E-state index >= 15 is 0 Å². The predicted molar refractivity (Wildman–Crippen MR) is 105 cm³/mol. The summed E-state index contributed by atoms with van der Waals surface area (Å²) >= 11 is 0. The SMILES string of the molecule is CCCCCCCCCCCCNC(=O)NCCCn1ccnc1C. The molecule has 25 heavy (non-hydrogen) atoms. The van der Waals surface area contributed by atoms with Crippen LogP contribution in [0.3, 0.4) is 0 Å². The molecule has 5 heteroatoms. The predicted octanol–water partition coefficient (Wildman–Crippen LogP) is 4.80. The first-order chi connectivity index (χ1) is 12.2. The van der Waals surface area contributed by atoms with Gasteiger partial charge in [0.2, 0.25) is 0 Å². The molecule has 0 aromatic carbocycles. The van der Waals surface area contributed by atoms with Gasteiger partial charge in [-0.3, -0.25) is 0 Å². The van der Waals surface area contributed by atoms with E-state index in [9.17, 15) is 4.79 Å². The van der Waals surface area contributed by atoms with Crippen molar-refractivity contribution in [1.82, 2.24) is 20.2 Å². The highest BCUT2D eigenvalue weighted by Crippen LogP contribution is 2.10. The van der Waals surface area contributed by atoms with E-state index < -0.39 is 0 Å². The second kappa shape index (κ2) is 14.8. The summed E-state index contributed by atoms with van der Waals surface area (Å²) < 4.78 is 2.10. The van der Waals surface area contributed by atoms with E-state index in [-0.39, 0.29) is 6.03 Å². The molecule has 0 spiro atoms. The molecule has 0 saturated heterocycles. The Morgan fingerprint density at radius 2 is 1.48 bits per heavy atom. The normalized spacial score (nSPS) is 10.8. The van der Waals surface area contributed by atoms with Crippen LogP contribution < -0.4 is 10.6 Å². The van der Waals surface area contributed by atoms with E-state index in [1.54, 1.807) is 0 Å². The molecule has 1 rings (SSSR count). The Morgan fingerprint density at radius 3 is 2.04 bits per heavy atom. The second-order valence-corrected chi connectivity index (χ2v) is 6.89. The Morgan fingerprint density at radius 1 is 0.920 bits per heavy atom. The molecule has 0 bridgehead atoms. The van der Waals surface area contributed by atoms with Crippen LogP contribution in [0.1, 0.15) is 83.4 Å². The van der Waals surface area contributed by atoms with E-state index in [2.05, 4.69) is 27.1 Å². The maximum atomic E-state index is 11.7. The molecule has 144 valence electrons. The van der Waals surface area contributed by atoms with Crippen molar-refractivity contribution in [2.24, 2.45) is 0 Å². The maximum Gasteiger partial charge on any atom is 0.314 e. The lowest BCUT2D eigenvalue weighted by molar-refractivity contribution is 0.240. The summed E-state index contributed by atoms with van der Waals surface area (Å²) in [6.45, 7) is 6.62. The molecular formula is C20H38N4O. The number of hydrogen-bond donors (Lipinski definition) is 2. The van der Waals surface area contributed by atoms with Crippen LogP contribution in [0, 0.1) is 6.92 Å². The van der Waals surface area contributed by atoms with E-state index in [0.29, 0.717) is 6.54 Å². The van der Waals surface area contributed by atoms with E-state index in [0.717, 1.165) is 31.8 Å². The van der Waals surface area contributed by atoms with Crippen LogP contribution in [0.25, 0.3) is 0 Å². The zero-order chi connectivity index (χ0) is 18.2. The van der Waals surface area contributed by atoms with Crippen LogP contribution in [0.4, 0.5) is 4.79 Å². The third-order valence-corrected chi connectivity index (χ3v) is 4.60. The van der Waals surface area contributed by atoms with E-state index in [1.165, 1.54) is 57.8 Å². The number of hydrogen-bond acceptors (Lipinski definition) is 2. The van der Waals surface area contributed by atoms with Crippen LogP contribution in [0.15, 0.2) is 12.4 Å². The van der Waals surface area contributed by atoms with Crippen LogP contribution in [0.5, 0.6) is 0 Å². The fourth-order valence-electron chi connectivity index (χ4n) is 2.97. The molecule has 0 aliphatic heterocycles. The van der Waals surface area contributed by atoms with Crippen LogP contribution >= 0.6 is 0 Å². The molecule has 5 nitrogen and oxygen atoms in total. The van der Waals surface area contributed by atoms with Gasteiger partial charge in [-0.05, 0) is 19.8 Å². The second-order valence-electron chi connectivity index (χ2n) is 6.89. The lowest BCUT2D eigenvalue weighted by atomic mass is 10.1. The highest BCUT2D eigenvalue weighted by atomic mass is 16.2. The van der Waals surface area contributed by atoms with Gasteiger partial charge in [0.25, 0.3) is 0 Å². The summed E-state index contributed by atoms with van der Waals surface area (Å²) in [5.41, 5.74) is 0. The topological polar surface area (TPSA) is 59.0 Å². The lowest BCUT2D eigenvalue weighted by Crippen LogP contribution is -2.36. The number of nitrogens with one attached hydrogen (secondary N) is 2. The fourth-order valence-corrected chi connectivity index (χ4v) is 2.97. The van der Waals surface area contributed by atoms with Crippen molar-refractivity contribution in [3.05, 3.63) is 18.2 Å². The molecule has 0 aliphatic carbocycles. The van der Waals surface area contributed by atoms with Gasteiger partial charge in [-0.25, -0.2) is 9.78 Å². The summed E-state index contributed by atoms with van der Waals surface area (Å²) in [5, 5.41) is 5.86. The number of carbonyl (C=O) groups is 1. The van der Waals surface area contributed by atoms with Gasteiger partial charge in [-0.1, -0.05) is 64.7 Å². The summed E-state index contributed by atoms with van der Waals surface area (Å²) in [7, 11) is 0. The monoisotopic (exact) mass is 350 g/mol.